The molecule has 6 nitrogen and oxygen atoms in total. The topological polar surface area (TPSA) is 77.1 Å². The van der Waals surface area contributed by atoms with E-state index < -0.39 is 11.4 Å². The highest BCUT2D eigenvalue weighted by molar-refractivity contribution is 9.10. The van der Waals surface area contributed by atoms with E-state index in [2.05, 4.69) is 21.0 Å². The molecule has 0 fully saturated rings. The number of carboxylic acid groups (broad SMARTS) is 1. The van der Waals surface area contributed by atoms with Crippen molar-refractivity contribution in [1.29, 1.82) is 0 Å². The lowest BCUT2D eigenvalue weighted by molar-refractivity contribution is 0.0694. The van der Waals surface area contributed by atoms with E-state index in [0.29, 0.717) is 11.4 Å². The van der Waals surface area contributed by atoms with Crippen LogP contribution in [0.5, 0.6) is 0 Å². The number of pyridine rings is 1. The molecule has 0 aliphatic heterocycles. The predicted octanol–water partition coefficient (Wildman–Crippen LogP) is 1.34. The van der Waals surface area contributed by atoms with Gasteiger partial charge in [0.15, 0.2) is 0 Å². The van der Waals surface area contributed by atoms with E-state index >= 15 is 0 Å². The molecule has 0 saturated heterocycles. The van der Waals surface area contributed by atoms with Crippen molar-refractivity contribution in [2.45, 2.75) is 6.92 Å². The van der Waals surface area contributed by atoms with Crippen molar-refractivity contribution in [2.75, 3.05) is 0 Å². The van der Waals surface area contributed by atoms with Crippen LogP contribution in [-0.2, 0) is 7.05 Å². The molecule has 2 heterocycles. The van der Waals surface area contributed by atoms with Crippen LogP contribution >= 0.6 is 15.9 Å². The molecule has 2 aromatic rings. The van der Waals surface area contributed by atoms with Gasteiger partial charge in [-0.1, -0.05) is 0 Å². The Hall–Kier alpha value is -1.89. The number of aromatic nitrogens is 3. The molecule has 0 amide bonds. The second-order valence-electron chi connectivity index (χ2n) is 3.82. The Morgan fingerprint density at radius 2 is 2.11 bits per heavy atom. The van der Waals surface area contributed by atoms with E-state index in [0.717, 1.165) is 0 Å². The van der Waals surface area contributed by atoms with Gasteiger partial charge in [-0.2, -0.15) is 5.10 Å². The van der Waals surface area contributed by atoms with Crippen LogP contribution in [-0.4, -0.2) is 25.4 Å². The number of hydrogen-bond acceptors (Lipinski definition) is 3. The average Bonchev–Trinajstić information content (AvgIpc) is 2.72. The Balaban J connectivity index is 2.76. The first kappa shape index (κ1) is 12.6. The van der Waals surface area contributed by atoms with Crippen LogP contribution in [0.15, 0.2) is 27.9 Å². The third-order valence-corrected chi connectivity index (χ3v) is 3.51. The summed E-state index contributed by atoms with van der Waals surface area (Å²) in [6.07, 6.45) is 4.63. The molecule has 1 N–H and O–H groups in total. The summed E-state index contributed by atoms with van der Waals surface area (Å²) in [4.78, 5) is 22.8. The third kappa shape index (κ3) is 1.97. The lowest BCUT2D eigenvalue weighted by atomic mass is 10.2. The number of aromatic carboxylic acids is 1. The maximum absolute atomic E-state index is 11.8. The predicted molar refractivity (Wildman–Crippen MR) is 68.2 cm³/mol. The molecule has 2 aromatic heterocycles. The van der Waals surface area contributed by atoms with Gasteiger partial charge in [-0.15, -0.1) is 0 Å². The molecule has 0 aromatic carbocycles. The molecular formula is C11H10BrN3O3. The average molecular weight is 312 g/mol. The van der Waals surface area contributed by atoms with Crippen molar-refractivity contribution < 1.29 is 9.90 Å². The molecule has 0 saturated carbocycles. The number of carbonyl (C=O) groups is 1. The van der Waals surface area contributed by atoms with Crippen molar-refractivity contribution in [2.24, 2.45) is 7.05 Å². The van der Waals surface area contributed by atoms with Gasteiger partial charge in [0.05, 0.1) is 16.4 Å². The number of nitrogens with zero attached hydrogens (tertiary/aromatic N) is 3. The Bertz CT molecular complexity index is 687. The van der Waals surface area contributed by atoms with Crippen LogP contribution < -0.4 is 5.43 Å². The Kier molecular flexibility index (Phi) is 3.08. The minimum absolute atomic E-state index is 0.242. The van der Waals surface area contributed by atoms with Crippen LogP contribution in [0.3, 0.4) is 0 Å². The molecule has 7 heteroatoms. The Morgan fingerprint density at radius 3 is 2.61 bits per heavy atom. The van der Waals surface area contributed by atoms with Crippen LogP contribution in [0.4, 0.5) is 0 Å². The fraction of sp³-hybridized carbons (Fsp3) is 0.182. The van der Waals surface area contributed by atoms with E-state index in [-0.39, 0.29) is 10.0 Å². The molecule has 0 unspecified atom stereocenters. The molecule has 2 rings (SSSR count). The normalized spacial score (nSPS) is 10.6. The summed E-state index contributed by atoms with van der Waals surface area (Å²) in [5.41, 5.74) is 0.507. The van der Waals surface area contributed by atoms with Gasteiger partial charge in [0, 0.05) is 25.1 Å². The monoisotopic (exact) mass is 311 g/mol. The zero-order valence-electron chi connectivity index (χ0n) is 9.72. The summed E-state index contributed by atoms with van der Waals surface area (Å²) < 4.78 is 3.45. The zero-order valence-corrected chi connectivity index (χ0v) is 11.3. The quantitative estimate of drug-likeness (QED) is 0.908. The fourth-order valence-corrected chi connectivity index (χ4v) is 2.03. The van der Waals surface area contributed by atoms with E-state index in [9.17, 15) is 9.59 Å². The van der Waals surface area contributed by atoms with E-state index in [4.69, 9.17) is 5.11 Å². The Morgan fingerprint density at radius 1 is 1.44 bits per heavy atom. The SMILES string of the molecule is Cc1c(Br)c(=O)c(C(=O)O)cn1-c1cnn(C)c1. The van der Waals surface area contributed by atoms with Crippen LogP contribution in [0.25, 0.3) is 5.69 Å². The number of hydrogen-bond donors (Lipinski definition) is 1. The van der Waals surface area contributed by atoms with Gasteiger partial charge in [-0.25, -0.2) is 4.79 Å². The lowest BCUT2D eigenvalue weighted by Gasteiger charge is -2.10. The molecular weight excluding hydrogens is 302 g/mol. The maximum atomic E-state index is 11.8. The summed E-state index contributed by atoms with van der Waals surface area (Å²) in [6.45, 7) is 1.73. The van der Waals surface area contributed by atoms with Crippen molar-refractivity contribution in [3.8, 4) is 5.69 Å². The molecule has 18 heavy (non-hydrogen) atoms. The molecule has 0 radical (unpaired) electrons. The highest BCUT2D eigenvalue weighted by Crippen LogP contribution is 2.17. The number of halogens is 1. The van der Waals surface area contributed by atoms with Crippen molar-refractivity contribution >= 4 is 21.9 Å². The zero-order chi connectivity index (χ0) is 13.4. The summed E-state index contributed by atoms with van der Waals surface area (Å²) >= 11 is 3.13. The van der Waals surface area contributed by atoms with Crippen LogP contribution in [0.1, 0.15) is 16.1 Å². The molecule has 0 atom stereocenters. The largest absolute Gasteiger partial charge is 0.477 e. The molecule has 0 spiro atoms. The van der Waals surface area contributed by atoms with Gasteiger partial charge in [-0.3, -0.25) is 9.48 Å². The molecule has 94 valence electrons. The number of rotatable bonds is 2. The maximum Gasteiger partial charge on any atom is 0.341 e. The summed E-state index contributed by atoms with van der Waals surface area (Å²) in [5.74, 6) is -1.25. The third-order valence-electron chi connectivity index (χ3n) is 2.58. The van der Waals surface area contributed by atoms with Crippen LogP contribution in [0, 0.1) is 6.92 Å². The van der Waals surface area contributed by atoms with Gasteiger partial charge < -0.3 is 9.67 Å². The van der Waals surface area contributed by atoms with E-state index in [1.165, 1.54) is 6.20 Å². The van der Waals surface area contributed by atoms with E-state index in [1.807, 2.05) is 0 Å². The highest BCUT2D eigenvalue weighted by Gasteiger charge is 2.16. The lowest BCUT2D eigenvalue weighted by Crippen LogP contribution is -2.20. The highest BCUT2D eigenvalue weighted by atomic mass is 79.9. The Labute approximate surface area is 111 Å². The van der Waals surface area contributed by atoms with Crippen molar-refractivity contribution in [1.82, 2.24) is 14.3 Å². The first-order valence-electron chi connectivity index (χ1n) is 5.06. The first-order chi connectivity index (χ1) is 8.41. The van der Waals surface area contributed by atoms with Gasteiger partial charge >= 0.3 is 5.97 Å². The fourth-order valence-electron chi connectivity index (χ4n) is 1.63. The summed E-state index contributed by atoms with van der Waals surface area (Å²) in [6, 6.07) is 0. The summed E-state index contributed by atoms with van der Waals surface area (Å²) in [7, 11) is 1.76. The molecule has 0 aliphatic rings. The second kappa shape index (κ2) is 4.41. The van der Waals surface area contributed by atoms with Crippen molar-refractivity contribution in [3.63, 3.8) is 0 Å². The van der Waals surface area contributed by atoms with Gasteiger partial charge in [0.25, 0.3) is 0 Å². The number of aryl methyl sites for hydroxylation is 1. The summed E-state index contributed by atoms with van der Waals surface area (Å²) in [5, 5.41) is 13.0. The number of carboxylic acids is 1. The first-order valence-corrected chi connectivity index (χ1v) is 5.85. The van der Waals surface area contributed by atoms with Gasteiger partial charge in [0.1, 0.15) is 5.56 Å². The minimum Gasteiger partial charge on any atom is -0.477 e. The molecule has 0 aliphatic carbocycles. The smallest absolute Gasteiger partial charge is 0.341 e. The van der Waals surface area contributed by atoms with Gasteiger partial charge in [0.2, 0.25) is 5.43 Å². The standard InChI is InChI=1S/C11H10BrN3O3/c1-6-9(12)10(16)8(11(17)18)5-15(6)7-3-13-14(2)4-7/h3-5H,1-2H3,(H,17,18). The van der Waals surface area contributed by atoms with Crippen LogP contribution in [0.2, 0.25) is 0 Å². The van der Waals surface area contributed by atoms with E-state index in [1.54, 1.807) is 35.6 Å². The molecule has 0 bridgehead atoms. The van der Waals surface area contributed by atoms with Crippen molar-refractivity contribution in [3.05, 3.63) is 44.5 Å². The second-order valence-corrected chi connectivity index (χ2v) is 4.61. The van der Waals surface area contributed by atoms with Gasteiger partial charge in [-0.05, 0) is 22.9 Å². The minimum atomic E-state index is -1.25.